The lowest BCUT2D eigenvalue weighted by molar-refractivity contribution is -0.193. The summed E-state index contributed by atoms with van der Waals surface area (Å²) in [4.78, 5) is 35.6. The van der Waals surface area contributed by atoms with Gasteiger partial charge in [0.05, 0.1) is 60.2 Å². The number of hydrogen-bond donors (Lipinski definition) is 1. The lowest BCUT2D eigenvalue weighted by Gasteiger charge is -2.33. The maximum absolute atomic E-state index is 14.9. The van der Waals surface area contributed by atoms with Crippen molar-refractivity contribution in [3.8, 4) is 16.9 Å². The van der Waals surface area contributed by atoms with E-state index >= 15 is 0 Å². The molecule has 1 aromatic carbocycles. The van der Waals surface area contributed by atoms with Gasteiger partial charge in [0.25, 0.3) is 5.91 Å². The number of amides is 2. The molecule has 5 heterocycles. The van der Waals surface area contributed by atoms with Gasteiger partial charge in [0.2, 0.25) is 0 Å². The maximum atomic E-state index is 14.9. The zero-order valence-corrected chi connectivity index (χ0v) is 25.0. The number of aromatic nitrogens is 4. The number of halogens is 3. The minimum Gasteiger partial charge on any atom is -0.423 e. The van der Waals surface area contributed by atoms with Gasteiger partial charge in [-0.3, -0.25) is 19.5 Å². The zero-order valence-electron chi connectivity index (χ0n) is 24.2. The Morgan fingerprint density at radius 2 is 1.91 bits per heavy atom. The molecule has 2 amide bonds. The Labute approximate surface area is 257 Å². The van der Waals surface area contributed by atoms with Crippen molar-refractivity contribution in [3.63, 3.8) is 0 Å². The standard InChI is InChI=1S/C29H25ClF2N6O4.C2H6/c30-18-4-5-19(34-9-18)12-37-22-6-3-17(8-23(22)42-29(31,32)28(37)40)24-20-10-35-38(11-16-13-41-14-16)27(20)36-21(7-15-1-2-15)25(24)26(33)39;1-2/h3-6,8-10,15-16H,1-2,7,11-14H2,(H2,33,39);1-2H3. The second-order valence-corrected chi connectivity index (χ2v) is 11.4. The van der Waals surface area contributed by atoms with Gasteiger partial charge >= 0.3 is 12.0 Å². The predicted octanol–water partition coefficient (Wildman–Crippen LogP) is 5.39. The molecule has 230 valence electrons. The average molecular weight is 625 g/mol. The lowest BCUT2D eigenvalue weighted by Crippen LogP contribution is -2.50. The molecule has 44 heavy (non-hydrogen) atoms. The number of anilines is 1. The summed E-state index contributed by atoms with van der Waals surface area (Å²) in [6, 6.07) is 7.69. The first-order valence-corrected chi connectivity index (χ1v) is 15.0. The molecule has 0 spiro atoms. The lowest BCUT2D eigenvalue weighted by atomic mass is 9.93. The number of ether oxygens (including phenoxy) is 2. The van der Waals surface area contributed by atoms with Crippen molar-refractivity contribution in [1.82, 2.24) is 19.7 Å². The molecule has 3 aliphatic rings. The molecular weight excluding hydrogens is 594 g/mol. The fourth-order valence-corrected chi connectivity index (χ4v) is 5.57. The smallest absolute Gasteiger partial charge is 0.423 e. The van der Waals surface area contributed by atoms with Crippen molar-refractivity contribution in [1.29, 1.82) is 0 Å². The molecule has 4 aromatic rings. The molecule has 0 unspecified atom stereocenters. The number of benzene rings is 1. The van der Waals surface area contributed by atoms with Crippen LogP contribution in [0.2, 0.25) is 5.02 Å². The highest BCUT2D eigenvalue weighted by Crippen LogP contribution is 2.45. The summed E-state index contributed by atoms with van der Waals surface area (Å²) in [7, 11) is 0. The molecule has 10 nitrogen and oxygen atoms in total. The average Bonchev–Trinajstić information content (AvgIpc) is 3.71. The van der Waals surface area contributed by atoms with Gasteiger partial charge in [-0.05, 0) is 55.0 Å². The first kappa shape index (κ1) is 29.9. The number of nitrogens with two attached hydrogens (primary N) is 1. The van der Waals surface area contributed by atoms with Crippen LogP contribution in [0.25, 0.3) is 22.2 Å². The molecule has 13 heteroatoms. The quantitative estimate of drug-likeness (QED) is 0.279. The third kappa shape index (κ3) is 5.59. The summed E-state index contributed by atoms with van der Waals surface area (Å²) in [6.07, 6.45) is 1.49. The number of carbonyl (C=O) groups excluding carboxylic acids is 2. The van der Waals surface area contributed by atoms with Crippen molar-refractivity contribution >= 4 is 40.1 Å². The molecule has 1 saturated carbocycles. The van der Waals surface area contributed by atoms with Crippen LogP contribution in [0.15, 0.2) is 42.7 Å². The zero-order chi connectivity index (χ0) is 31.2. The van der Waals surface area contributed by atoms with Crippen molar-refractivity contribution in [2.24, 2.45) is 17.6 Å². The van der Waals surface area contributed by atoms with E-state index < -0.39 is 17.9 Å². The van der Waals surface area contributed by atoms with Gasteiger partial charge in [-0.1, -0.05) is 31.5 Å². The van der Waals surface area contributed by atoms with Crippen LogP contribution in [0.1, 0.15) is 48.4 Å². The van der Waals surface area contributed by atoms with E-state index in [2.05, 4.69) is 10.1 Å². The number of fused-ring (bicyclic) bond motifs is 2. The minimum atomic E-state index is -4.12. The summed E-state index contributed by atoms with van der Waals surface area (Å²) in [6.45, 7) is 5.61. The Balaban J connectivity index is 0.00000168. The van der Waals surface area contributed by atoms with E-state index in [-0.39, 0.29) is 23.5 Å². The molecule has 7 rings (SSSR count). The van der Waals surface area contributed by atoms with Gasteiger partial charge in [-0.15, -0.1) is 0 Å². The summed E-state index contributed by atoms with van der Waals surface area (Å²) in [5.74, 6) is -1.74. The fraction of sp³-hybridized carbons (Fsp3) is 0.387. The number of hydrogen-bond acceptors (Lipinski definition) is 7. The predicted molar refractivity (Wildman–Crippen MR) is 160 cm³/mol. The monoisotopic (exact) mass is 624 g/mol. The fourth-order valence-electron chi connectivity index (χ4n) is 5.45. The van der Waals surface area contributed by atoms with Crippen LogP contribution in [0.3, 0.4) is 0 Å². The Hall–Kier alpha value is -4.16. The first-order chi connectivity index (χ1) is 21.2. The van der Waals surface area contributed by atoms with E-state index in [9.17, 15) is 18.4 Å². The molecule has 2 aliphatic heterocycles. The van der Waals surface area contributed by atoms with E-state index in [0.29, 0.717) is 76.6 Å². The third-order valence-electron chi connectivity index (χ3n) is 7.80. The second kappa shape index (κ2) is 11.7. The van der Waals surface area contributed by atoms with Gasteiger partial charge in [-0.2, -0.15) is 13.9 Å². The van der Waals surface area contributed by atoms with Crippen molar-refractivity contribution in [2.75, 3.05) is 18.1 Å². The Kier molecular flexibility index (Phi) is 7.97. The second-order valence-electron chi connectivity index (χ2n) is 10.9. The molecular formula is C31H31ClF2N6O4. The van der Waals surface area contributed by atoms with Crippen LogP contribution in [0, 0.1) is 11.8 Å². The van der Waals surface area contributed by atoms with Gasteiger partial charge in [-0.25, -0.2) is 9.67 Å². The van der Waals surface area contributed by atoms with E-state index in [0.717, 1.165) is 17.7 Å². The van der Waals surface area contributed by atoms with E-state index in [1.807, 2.05) is 13.8 Å². The summed E-state index contributed by atoms with van der Waals surface area (Å²) < 4.78 is 41.9. The highest BCUT2D eigenvalue weighted by molar-refractivity contribution is 6.30. The number of pyridine rings is 2. The van der Waals surface area contributed by atoms with E-state index in [1.165, 1.54) is 18.3 Å². The highest BCUT2D eigenvalue weighted by atomic mass is 35.5. The molecule has 2 N–H and O–H groups in total. The van der Waals surface area contributed by atoms with Crippen LogP contribution in [-0.4, -0.2) is 50.9 Å². The minimum absolute atomic E-state index is 0.135. The molecule has 2 fully saturated rings. The van der Waals surface area contributed by atoms with E-state index in [4.69, 9.17) is 31.8 Å². The SMILES string of the molecule is CC.NC(=O)c1c(CC2CC2)nc2c(cnn2CC2COC2)c1-c1ccc2c(c1)OC(F)(F)C(=O)N2Cc1ccc(Cl)cn1. The van der Waals surface area contributed by atoms with Crippen molar-refractivity contribution in [3.05, 3.63) is 64.7 Å². The van der Waals surface area contributed by atoms with Crippen molar-refractivity contribution in [2.45, 2.75) is 52.3 Å². The molecule has 3 aromatic heterocycles. The molecule has 1 saturated heterocycles. The third-order valence-corrected chi connectivity index (χ3v) is 8.03. The van der Waals surface area contributed by atoms with Gasteiger partial charge in [0.15, 0.2) is 11.4 Å². The molecule has 0 bridgehead atoms. The Morgan fingerprint density at radius 1 is 1.14 bits per heavy atom. The van der Waals surface area contributed by atoms with Gasteiger partial charge in [0, 0.05) is 23.1 Å². The normalized spacial score (nSPS) is 17.4. The summed E-state index contributed by atoms with van der Waals surface area (Å²) in [5.41, 5.74) is 8.63. The number of carbonyl (C=O) groups is 2. The van der Waals surface area contributed by atoms with Crippen molar-refractivity contribution < 1.29 is 27.8 Å². The van der Waals surface area contributed by atoms with Gasteiger partial charge < -0.3 is 15.2 Å². The number of rotatable bonds is 8. The topological polar surface area (TPSA) is 125 Å². The van der Waals surface area contributed by atoms with Crippen LogP contribution in [0.5, 0.6) is 5.75 Å². The van der Waals surface area contributed by atoms with E-state index in [1.54, 1.807) is 29.1 Å². The van der Waals surface area contributed by atoms with Crippen LogP contribution in [0.4, 0.5) is 14.5 Å². The summed E-state index contributed by atoms with van der Waals surface area (Å²) >= 11 is 5.91. The Bertz CT molecular complexity index is 1740. The number of primary amides is 1. The number of nitrogens with zero attached hydrogens (tertiary/aromatic N) is 5. The van der Waals surface area contributed by atoms with Gasteiger partial charge in [0.1, 0.15) is 0 Å². The molecule has 0 radical (unpaired) electrons. The highest BCUT2D eigenvalue weighted by Gasteiger charge is 2.50. The maximum Gasteiger partial charge on any atom is 0.482 e. The molecule has 1 aliphatic carbocycles. The number of alkyl halides is 2. The van der Waals surface area contributed by atoms with Crippen LogP contribution < -0.4 is 15.4 Å². The first-order valence-electron chi connectivity index (χ1n) is 14.6. The van der Waals surface area contributed by atoms with Crippen LogP contribution >= 0.6 is 11.6 Å². The largest absolute Gasteiger partial charge is 0.482 e. The Morgan fingerprint density at radius 3 is 2.55 bits per heavy atom. The summed E-state index contributed by atoms with van der Waals surface area (Å²) in [5, 5.41) is 5.49. The van der Waals surface area contributed by atoms with Crippen LogP contribution in [-0.2, 0) is 29.0 Å². The molecule has 0 atom stereocenters.